The van der Waals surface area contributed by atoms with E-state index in [1.807, 2.05) is 30.3 Å². The zero-order valence-electron chi connectivity index (χ0n) is 16.4. The Morgan fingerprint density at radius 2 is 2.00 bits per heavy atom. The van der Waals surface area contributed by atoms with Crippen LogP contribution in [0.4, 0.5) is 5.69 Å². The third kappa shape index (κ3) is 4.52. The van der Waals surface area contributed by atoms with Crippen LogP contribution in [0.5, 0.6) is 5.75 Å². The van der Waals surface area contributed by atoms with Crippen molar-refractivity contribution in [3.05, 3.63) is 77.5 Å². The zero-order chi connectivity index (χ0) is 21.8. The van der Waals surface area contributed by atoms with Crippen LogP contribution >= 0.6 is 23.4 Å². The number of nitrogens with zero attached hydrogens (tertiary/aromatic N) is 3. The fourth-order valence-electron chi connectivity index (χ4n) is 2.89. The van der Waals surface area contributed by atoms with E-state index in [1.165, 1.54) is 29.8 Å². The molecule has 0 bridgehead atoms. The highest BCUT2D eigenvalue weighted by Gasteiger charge is 2.26. The summed E-state index contributed by atoms with van der Waals surface area (Å²) in [4.78, 5) is 13.2. The number of carbonyl (C=O) groups is 1. The maximum Gasteiger partial charge on any atom is 0.242 e. The van der Waals surface area contributed by atoms with Gasteiger partial charge in [0.1, 0.15) is 11.0 Å². The fourth-order valence-corrected chi connectivity index (χ4v) is 4.11. The Morgan fingerprint density at radius 3 is 2.68 bits per heavy atom. The minimum absolute atomic E-state index is 0.264. The monoisotopic (exact) mass is 455 g/mol. The number of thioether (sulfide) groups is 1. The summed E-state index contributed by atoms with van der Waals surface area (Å²) in [6.45, 7) is 0. The highest BCUT2D eigenvalue weighted by Crippen LogP contribution is 2.36. The molecule has 0 radical (unpaired) electrons. The summed E-state index contributed by atoms with van der Waals surface area (Å²) < 4.78 is 11.8. The van der Waals surface area contributed by atoms with Gasteiger partial charge in [-0.3, -0.25) is 4.79 Å². The van der Waals surface area contributed by atoms with Crippen molar-refractivity contribution >= 4 is 35.0 Å². The highest BCUT2D eigenvalue weighted by atomic mass is 35.5. The first-order valence-electron chi connectivity index (χ1n) is 9.17. The lowest BCUT2D eigenvalue weighted by molar-refractivity contribution is -0.115. The second kappa shape index (κ2) is 9.15. The Bertz CT molecular complexity index is 1180. The second-order valence-electron chi connectivity index (χ2n) is 6.40. The Hall–Kier alpha value is -3.43. The number of benzene rings is 2. The van der Waals surface area contributed by atoms with Crippen LogP contribution in [0, 0.1) is 0 Å². The molecule has 8 nitrogen and oxygen atoms in total. The average Bonchev–Trinajstić information content (AvgIpc) is 3.42. The standard InChI is InChI=1S/C21H18ClN5O3S/c1-29-16-10-9-14(12-15(16)22)24-20(28)18(13-6-3-2-4-7-13)31-21-26-25-19(27(21)23)17-8-5-11-30-17/h2-12,18H,23H2,1H3,(H,24,28). The Morgan fingerprint density at radius 1 is 1.19 bits per heavy atom. The van der Waals surface area contributed by atoms with Crippen LogP contribution in [0.25, 0.3) is 11.6 Å². The normalized spacial score (nSPS) is 11.8. The Kier molecular flexibility index (Phi) is 6.15. The van der Waals surface area contributed by atoms with Crippen LogP contribution in [0.3, 0.4) is 0 Å². The molecule has 158 valence electrons. The molecule has 0 spiro atoms. The van der Waals surface area contributed by atoms with Gasteiger partial charge in [-0.2, -0.15) is 0 Å². The number of rotatable bonds is 7. The molecule has 0 aliphatic rings. The predicted molar refractivity (Wildman–Crippen MR) is 120 cm³/mol. The summed E-state index contributed by atoms with van der Waals surface area (Å²) in [6.07, 6.45) is 1.52. The van der Waals surface area contributed by atoms with E-state index >= 15 is 0 Å². The first kappa shape index (κ1) is 20.8. The predicted octanol–water partition coefficient (Wildman–Crippen LogP) is 4.39. The van der Waals surface area contributed by atoms with Crippen LogP contribution in [0.1, 0.15) is 10.8 Å². The van der Waals surface area contributed by atoms with Gasteiger partial charge in [-0.25, -0.2) is 4.68 Å². The Labute approximate surface area is 187 Å². The zero-order valence-corrected chi connectivity index (χ0v) is 17.9. The maximum atomic E-state index is 13.2. The number of nitrogens with two attached hydrogens (primary N) is 1. The van der Waals surface area contributed by atoms with Gasteiger partial charge in [0.25, 0.3) is 0 Å². The molecule has 1 atom stereocenters. The molecule has 2 aromatic carbocycles. The van der Waals surface area contributed by atoms with E-state index in [0.29, 0.717) is 33.2 Å². The van der Waals surface area contributed by atoms with E-state index in [4.69, 9.17) is 26.6 Å². The minimum atomic E-state index is -0.641. The number of hydrogen-bond acceptors (Lipinski definition) is 7. The molecular formula is C21H18ClN5O3S. The second-order valence-corrected chi connectivity index (χ2v) is 7.88. The molecule has 1 unspecified atom stereocenters. The summed E-state index contributed by atoms with van der Waals surface area (Å²) in [6, 6.07) is 17.8. The number of amides is 1. The largest absolute Gasteiger partial charge is 0.495 e. The number of nitrogens with one attached hydrogen (secondary N) is 1. The maximum absolute atomic E-state index is 13.2. The lowest BCUT2D eigenvalue weighted by Crippen LogP contribution is -2.20. The highest BCUT2D eigenvalue weighted by molar-refractivity contribution is 8.00. The first-order valence-corrected chi connectivity index (χ1v) is 10.4. The number of hydrogen-bond donors (Lipinski definition) is 2. The number of furan rings is 1. The van der Waals surface area contributed by atoms with E-state index in [1.54, 1.807) is 30.3 Å². The third-order valence-corrected chi connectivity index (χ3v) is 5.90. The van der Waals surface area contributed by atoms with Crippen LogP contribution in [0.15, 0.2) is 76.5 Å². The molecule has 31 heavy (non-hydrogen) atoms. The van der Waals surface area contributed by atoms with Gasteiger partial charge in [-0.05, 0) is 35.9 Å². The van der Waals surface area contributed by atoms with Crippen molar-refractivity contribution in [2.45, 2.75) is 10.4 Å². The smallest absolute Gasteiger partial charge is 0.242 e. The summed E-state index contributed by atoms with van der Waals surface area (Å²) in [5.74, 6) is 7.28. The van der Waals surface area contributed by atoms with Crippen molar-refractivity contribution in [2.75, 3.05) is 18.3 Å². The lowest BCUT2D eigenvalue weighted by Gasteiger charge is -2.17. The minimum Gasteiger partial charge on any atom is -0.495 e. The molecule has 2 aromatic heterocycles. The van der Waals surface area contributed by atoms with Crippen LogP contribution < -0.4 is 15.9 Å². The van der Waals surface area contributed by atoms with Crippen LogP contribution in [-0.4, -0.2) is 27.9 Å². The van der Waals surface area contributed by atoms with E-state index < -0.39 is 5.25 Å². The SMILES string of the molecule is COc1ccc(NC(=O)C(Sc2nnc(-c3ccco3)n2N)c2ccccc2)cc1Cl. The summed E-state index contributed by atoms with van der Waals surface area (Å²) in [5.41, 5.74) is 1.33. The van der Waals surface area contributed by atoms with E-state index in [0.717, 1.165) is 5.56 Å². The number of methoxy groups -OCH3 is 1. The molecule has 0 saturated heterocycles. The topological polar surface area (TPSA) is 108 Å². The number of ether oxygens (including phenoxy) is 1. The van der Waals surface area contributed by atoms with Crippen molar-refractivity contribution < 1.29 is 13.9 Å². The molecule has 4 aromatic rings. The Balaban J connectivity index is 1.61. The fraction of sp³-hybridized carbons (Fsp3) is 0.0952. The van der Waals surface area contributed by atoms with Gasteiger partial charge in [0.15, 0.2) is 5.76 Å². The van der Waals surface area contributed by atoms with Crippen molar-refractivity contribution in [3.8, 4) is 17.3 Å². The molecule has 2 heterocycles. The van der Waals surface area contributed by atoms with Crippen molar-refractivity contribution in [2.24, 2.45) is 0 Å². The van der Waals surface area contributed by atoms with Crippen LogP contribution in [-0.2, 0) is 4.79 Å². The molecule has 0 saturated carbocycles. The van der Waals surface area contributed by atoms with E-state index in [2.05, 4.69) is 15.5 Å². The quantitative estimate of drug-likeness (QED) is 0.314. The van der Waals surface area contributed by atoms with Crippen molar-refractivity contribution in [1.82, 2.24) is 14.9 Å². The molecule has 1 amide bonds. The number of nitrogen functional groups attached to an aromatic ring is 1. The van der Waals surface area contributed by atoms with Gasteiger partial charge >= 0.3 is 0 Å². The van der Waals surface area contributed by atoms with Crippen LogP contribution in [0.2, 0.25) is 5.02 Å². The number of carbonyl (C=O) groups excluding carboxylic acids is 1. The van der Waals surface area contributed by atoms with Gasteiger partial charge in [0.2, 0.25) is 16.9 Å². The van der Waals surface area contributed by atoms with Gasteiger partial charge < -0.3 is 20.3 Å². The molecule has 3 N–H and O–H groups in total. The van der Waals surface area contributed by atoms with Gasteiger partial charge in [0.05, 0.1) is 18.4 Å². The summed E-state index contributed by atoms with van der Waals surface area (Å²) in [5, 5.41) is 11.2. The molecule has 0 fully saturated rings. The van der Waals surface area contributed by atoms with Crippen molar-refractivity contribution in [3.63, 3.8) is 0 Å². The molecular weight excluding hydrogens is 438 g/mol. The lowest BCUT2D eigenvalue weighted by atomic mass is 10.1. The summed E-state index contributed by atoms with van der Waals surface area (Å²) in [7, 11) is 1.53. The van der Waals surface area contributed by atoms with E-state index in [9.17, 15) is 4.79 Å². The van der Waals surface area contributed by atoms with E-state index in [-0.39, 0.29) is 5.91 Å². The number of anilines is 1. The van der Waals surface area contributed by atoms with Gasteiger partial charge in [-0.1, -0.05) is 53.7 Å². The molecule has 0 aliphatic carbocycles. The number of halogens is 1. The molecule has 4 rings (SSSR count). The first-order chi connectivity index (χ1) is 15.1. The number of aromatic nitrogens is 3. The molecule has 10 heteroatoms. The summed E-state index contributed by atoms with van der Waals surface area (Å²) >= 11 is 7.36. The molecule has 0 aliphatic heterocycles. The third-order valence-electron chi connectivity index (χ3n) is 4.39. The van der Waals surface area contributed by atoms with Gasteiger partial charge in [0, 0.05) is 5.69 Å². The van der Waals surface area contributed by atoms with Crippen molar-refractivity contribution in [1.29, 1.82) is 0 Å². The average molecular weight is 456 g/mol. The van der Waals surface area contributed by atoms with Gasteiger partial charge in [-0.15, -0.1) is 10.2 Å².